The molecule has 3 rings (SSSR count). The molecule has 0 unspecified atom stereocenters. The van der Waals surface area contributed by atoms with Crippen molar-refractivity contribution < 1.29 is 9.59 Å². The largest absolute Gasteiger partial charge is 0.362 e. The number of aromatic nitrogens is 2. The van der Waals surface area contributed by atoms with Gasteiger partial charge in [0.15, 0.2) is 0 Å². The summed E-state index contributed by atoms with van der Waals surface area (Å²) in [5, 5.41) is 11.8. The molecule has 3 aromatic heterocycles. The van der Waals surface area contributed by atoms with Crippen LogP contribution in [0, 0.1) is 6.92 Å². The van der Waals surface area contributed by atoms with Crippen molar-refractivity contribution >= 4 is 50.5 Å². The zero-order valence-electron chi connectivity index (χ0n) is 15.3. The van der Waals surface area contributed by atoms with Gasteiger partial charge in [0.2, 0.25) is 5.91 Å². The zero-order chi connectivity index (χ0) is 19.4. The summed E-state index contributed by atoms with van der Waals surface area (Å²) < 4.78 is 0. The van der Waals surface area contributed by atoms with Crippen LogP contribution in [0.4, 0.5) is 5.82 Å². The van der Waals surface area contributed by atoms with E-state index in [-0.39, 0.29) is 17.9 Å². The molecule has 3 N–H and O–H groups in total. The number of aryl methyl sites for hydroxylation is 1. The molecular formula is C18H21N5O2S2. The lowest BCUT2D eigenvalue weighted by Crippen LogP contribution is -2.33. The Morgan fingerprint density at radius 2 is 2.00 bits per heavy atom. The number of hydrogen-bond acceptors (Lipinski definition) is 7. The van der Waals surface area contributed by atoms with Gasteiger partial charge >= 0.3 is 0 Å². The van der Waals surface area contributed by atoms with E-state index < -0.39 is 0 Å². The van der Waals surface area contributed by atoms with Gasteiger partial charge in [-0.2, -0.15) is 0 Å². The first-order chi connectivity index (χ1) is 13.0. The number of nitrogens with zero attached hydrogens (tertiary/aromatic N) is 2. The number of carbonyl (C=O) groups is 2. The molecule has 0 aromatic carbocycles. The third-order valence-corrected chi connectivity index (χ3v) is 6.29. The summed E-state index contributed by atoms with van der Waals surface area (Å²) in [4.78, 5) is 34.7. The lowest BCUT2D eigenvalue weighted by molar-refractivity contribution is -0.118. The van der Waals surface area contributed by atoms with E-state index in [1.165, 1.54) is 29.5 Å². The number of hydrogen-bond donors (Lipinski definition) is 3. The zero-order valence-corrected chi connectivity index (χ0v) is 17.0. The topological polar surface area (TPSA) is 96.0 Å². The van der Waals surface area contributed by atoms with Crippen LogP contribution >= 0.6 is 22.7 Å². The van der Waals surface area contributed by atoms with Crippen LogP contribution in [0.15, 0.2) is 23.8 Å². The molecule has 0 bridgehead atoms. The van der Waals surface area contributed by atoms with Gasteiger partial charge in [-0.05, 0) is 30.9 Å². The second-order valence-corrected chi connectivity index (χ2v) is 8.06. The Labute approximate surface area is 165 Å². The third-order valence-electron chi connectivity index (χ3n) is 4.04. The minimum atomic E-state index is -0.168. The van der Waals surface area contributed by atoms with Crippen molar-refractivity contribution in [2.45, 2.75) is 26.8 Å². The lowest BCUT2D eigenvalue weighted by Gasteiger charge is -2.13. The highest BCUT2D eigenvalue weighted by Crippen LogP contribution is 2.34. The van der Waals surface area contributed by atoms with Gasteiger partial charge < -0.3 is 16.0 Å². The Kier molecular flexibility index (Phi) is 6.02. The highest BCUT2D eigenvalue weighted by Gasteiger charge is 2.20. The Balaban J connectivity index is 1.80. The Morgan fingerprint density at radius 1 is 1.22 bits per heavy atom. The van der Waals surface area contributed by atoms with Gasteiger partial charge in [0.05, 0.1) is 16.3 Å². The molecular weight excluding hydrogens is 382 g/mol. The van der Waals surface area contributed by atoms with Gasteiger partial charge in [-0.25, -0.2) is 9.97 Å². The lowest BCUT2D eigenvalue weighted by atomic mass is 10.2. The van der Waals surface area contributed by atoms with Crippen molar-refractivity contribution in [3.63, 3.8) is 0 Å². The summed E-state index contributed by atoms with van der Waals surface area (Å²) in [5.41, 5.74) is 0.855. The van der Waals surface area contributed by atoms with Crippen LogP contribution in [0.5, 0.6) is 0 Å². The molecule has 0 aliphatic carbocycles. The SMILES string of the molecule is CC(=O)NCCNC(=O)c1sc2ncnc(N[C@@H](C)c3cccs3)c2c1C. The molecule has 0 saturated heterocycles. The average molecular weight is 404 g/mol. The van der Waals surface area contributed by atoms with E-state index in [1.54, 1.807) is 11.3 Å². The molecule has 0 fully saturated rings. The normalized spacial score (nSPS) is 12.0. The van der Waals surface area contributed by atoms with E-state index in [0.29, 0.717) is 18.0 Å². The standard InChI is InChI=1S/C18H21N5O2S2/c1-10-14-16(23-11(2)13-5-4-8-26-13)21-9-22-18(14)27-15(10)17(25)20-7-6-19-12(3)24/h4-5,8-9,11H,6-7H2,1-3H3,(H,19,24)(H,20,25)(H,21,22,23)/t11-/m0/s1. The van der Waals surface area contributed by atoms with E-state index in [1.807, 2.05) is 18.4 Å². The third kappa shape index (κ3) is 4.42. The number of carbonyl (C=O) groups excluding carboxylic acids is 2. The van der Waals surface area contributed by atoms with Gasteiger partial charge in [0.25, 0.3) is 5.91 Å². The maximum absolute atomic E-state index is 12.5. The monoisotopic (exact) mass is 403 g/mol. The van der Waals surface area contributed by atoms with E-state index in [9.17, 15) is 9.59 Å². The van der Waals surface area contributed by atoms with Crippen LogP contribution in [0.2, 0.25) is 0 Å². The van der Waals surface area contributed by atoms with Crippen molar-refractivity contribution in [1.29, 1.82) is 0 Å². The fourth-order valence-electron chi connectivity index (χ4n) is 2.71. The second-order valence-electron chi connectivity index (χ2n) is 6.08. The van der Waals surface area contributed by atoms with Gasteiger partial charge in [-0.1, -0.05) is 6.07 Å². The summed E-state index contributed by atoms with van der Waals surface area (Å²) in [7, 11) is 0. The summed E-state index contributed by atoms with van der Waals surface area (Å²) in [5.74, 6) is 0.443. The molecule has 27 heavy (non-hydrogen) atoms. The van der Waals surface area contributed by atoms with Crippen molar-refractivity contribution in [1.82, 2.24) is 20.6 Å². The van der Waals surface area contributed by atoms with Crippen LogP contribution < -0.4 is 16.0 Å². The molecule has 3 aromatic rings. The number of anilines is 1. The summed E-state index contributed by atoms with van der Waals surface area (Å²) in [6, 6.07) is 4.21. The van der Waals surface area contributed by atoms with Crippen molar-refractivity contribution in [3.05, 3.63) is 39.2 Å². The maximum Gasteiger partial charge on any atom is 0.261 e. The highest BCUT2D eigenvalue weighted by atomic mass is 32.1. The smallest absolute Gasteiger partial charge is 0.261 e. The minimum Gasteiger partial charge on any atom is -0.362 e. The number of thiophene rings is 2. The first-order valence-corrected chi connectivity index (χ1v) is 10.2. The quantitative estimate of drug-likeness (QED) is 0.527. The fraction of sp³-hybridized carbons (Fsp3) is 0.333. The van der Waals surface area contributed by atoms with Crippen LogP contribution in [0.1, 0.15) is 40.0 Å². The Hall–Kier alpha value is -2.52. The van der Waals surface area contributed by atoms with Crippen LogP contribution in [-0.4, -0.2) is 34.9 Å². The second kappa shape index (κ2) is 8.45. The van der Waals surface area contributed by atoms with E-state index in [4.69, 9.17) is 0 Å². The predicted molar refractivity (Wildman–Crippen MR) is 110 cm³/mol. The molecule has 0 aliphatic rings. The summed E-state index contributed by atoms with van der Waals surface area (Å²) in [6.07, 6.45) is 1.51. The molecule has 0 aliphatic heterocycles. The first-order valence-electron chi connectivity index (χ1n) is 8.54. The van der Waals surface area contributed by atoms with Crippen LogP contribution in [0.25, 0.3) is 10.2 Å². The molecule has 0 spiro atoms. The predicted octanol–water partition coefficient (Wildman–Crippen LogP) is 3.10. The van der Waals surface area contributed by atoms with Gasteiger partial charge in [0.1, 0.15) is 17.0 Å². The molecule has 7 nitrogen and oxygen atoms in total. The maximum atomic E-state index is 12.5. The van der Waals surface area contributed by atoms with E-state index in [2.05, 4.69) is 38.9 Å². The number of rotatable bonds is 7. The van der Waals surface area contributed by atoms with Crippen molar-refractivity contribution in [2.75, 3.05) is 18.4 Å². The fourth-order valence-corrected chi connectivity index (χ4v) is 4.51. The van der Waals surface area contributed by atoms with Gasteiger partial charge in [-0.3, -0.25) is 9.59 Å². The molecule has 1 atom stereocenters. The number of amides is 2. The molecule has 142 valence electrons. The summed E-state index contributed by atoms with van der Waals surface area (Å²) >= 11 is 3.03. The van der Waals surface area contributed by atoms with Crippen LogP contribution in [-0.2, 0) is 4.79 Å². The van der Waals surface area contributed by atoms with Gasteiger partial charge in [0, 0.05) is 24.9 Å². The van der Waals surface area contributed by atoms with E-state index >= 15 is 0 Å². The number of fused-ring (bicyclic) bond motifs is 1. The first kappa shape index (κ1) is 19.2. The molecule has 0 saturated carbocycles. The highest BCUT2D eigenvalue weighted by molar-refractivity contribution is 7.20. The Morgan fingerprint density at radius 3 is 2.70 bits per heavy atom. The molecule has 3 heterocycles. The summed E-state index contributed by atoms with van der Waals surface area (Å²) in [6.45, 7) is 6.21. The average Bonchev–Trinajstić information content (AvgIpc) is 3.27. The van der Waals surface area contributed by atoms with E-state index in [0.717, 1.165) is 21.6 Å². The van der Waals surface area contributed by atoms with Gasteiger partial charge in [-0.15, -0.1) is 22.7 Å². The molecule has 2 amide bonds. The molecule has 0 radical (unpaired) electrons. The van der Waals surface area contributed by atoms with Crippen LogP contribution in [0.3, 0.4) is 0 Å². The minimum absolute atomic E-state index is 0.109. The molecule has 9 heteroatoms. The van der Waals surface area contributed by atoms with Crippen molar-refractivity contribution in [3.8, 4) is 0 Å². The number of nitrogens with one attached hydrogen (secondary N) is 3. The Bertz CT molecular complexity index is 952. The van der Waals surface area contributed by atoms with Crippen molar-refractivity contribution in [2.24, 2.45) is 0 Å².